The number of thioether (sulfide) groups is 1. The van der Waals surface area contributed by atoms with E-state index in [1.807, 2.05) is 18.7 Å². The molecule has 1 atom stereocenters. The average Bonchev–Trinajstić information content (AvgIpc) is 2.76. The van der Waals surface area contributed by atoms with Gasteiger partial charge in [0, 0.05) is 18.3 Å². The van der Waals surface area contributed by atoms with E-state index >= 15 is 0 Å². The topological polar surface area (TPSA) is 63.0 Å². The van der Waals surface area contributed by atoms with Crippen molar-refractivity contribution < 1.29 is 5.11 Å². The maximum atomic E-state index is 9.41. The van der Waals surface area contributed by atoms with Gasteiger partial charge in [0.15, 0.2) is 5.16 Å². The quantitative estimate of drug-likeness (QED) is 0.539. The zero-order chi connectivity index (χ0) is 12.7. The average molecular weight is 258 g/mol. The summed E-state index contributed by atoms with van der Waals surface area (Å²) in [6.07, 6.45) is 4.67. The van der Waals surface area contributed by atoms with Crippen LogP contribution in [-0.2, 0) is 7.05 Å². The summed E-state index contributed by atoms with van der Waals surface area (Å²) in [5.74, 6) is 0.996. The van der Waals surface area contributed by atoms with Gasteiger partial charge in [0.2, 0.25) is 0 Å². The standard InChI is InChI=1S/C11H22N4OS/c1-4-11(8-16,12-2)6-5-7-17-10-14-13-9-15(10)3/h9,12,16H,4-8H2,1-3H3. The molecular weight excluding hydrogens is 236 g/mol. The summed E-state index contributed by atoms with van der Waals surface area (Å²) in [7, 11) is 3.86. The van der Waals surface area contributed by atoms with Crippen molar-refractivity contribution in [2.75, 3.05) is 19.4 Å². The normalized spacial score (nSPS) is 14.8. The fourth-order valence-electron chi connectivity index (χ4n) is 1.73. The van der Waals surface area contributed by atoms with Crippen LogP contribution < -0.4 is 5.32 Å². The van der Waals surface area contributed by atoms with E-state index < -0.39 is 0 Å². The molecule has 17 heavy (non-hydrogen) atoms. The molecular formula is C11H22N4OS. The largest absolute Gasteiger partial charge is 0.394 e. The lowest BCUT2D eigenvalue weighted by Gasteiger charge is -2.30. The zero-order valence-electron chi connectivity index (χ0n) is 10.8. The molecule has 0 radical (unpaired) electrons. The van der Waals surface area contributed by atoms with Crippen LogP contribution >= 0.6 is 11.8 Å². The first-order chi connectivity index (χ1) is 8.17. The van der Waals surface area contributed by atoms with Gasteiger partial charge in [0.1, 0.15) is 6.33 Å². The Morgan fingerprint density at radius 1 is 1.59 bits per heavy atom. The number of nitrogens with zero attached hydrogens (tertiary/aromatic N) is 3. The zero-order valence-corrected chi connectivity index (χ0v) is 11.6. The van der Waals surface area contributed by atoms with Crippen molar-refractivity contribution in [2.24, 2.45) is 7.05 Å². The van der Waals surface area contributed by atoms with Crippen LogP contribution in [0.5, 0.6) is 0 Å². The number of aliphatic hydroxyl groups is 1. The van der Waals surface area contributed by atoms with Gasteiger partial charge in [-0.15, -0.1) is 10.2 Å². The molecule has 0 amide bonds. The van der Waals surface area contributed by atoms with Crippen molar-refractivity contribution in [1.29, 1.82) is 0 Å². The molecule has 0 aliphatic heterocycles. The first kappa shape index (κ1) is 14.5. The lowest BCUT2D eigenvalue weighted by atomic mass is 9.92. The van der Waals surface area contributed by atoms with Crippen LogP contribution in [0.3, 0.4) is 0 Å². The number of hydrogen-bond acceptors (Lipinski definition) is 5. The molecule has 0 aliphatic carbocycles. The van der Waals surface area contributed by atoms with E-state index in [0.29, 0.717) is 0 Å². The van der Waals surface area contributed by atoms with E-state index in [1.165, 1.54) is 0 Å². The predicted octanol–water partition coefficient (Wildman–Crippen LogP) is 1.05. The second-order valence-electron chi connectivity index (χ2n) is 4.22. The number of aromatic nitrogens is 3. The molecule has 0 saturated carbocycles. The fourth-order valence-corrected chi connectivity index (χ4v) is 2.55. The minimum absolute atomic E-state index is 0.125. The second-order valence-corrected chi connectivity index (χ2v) is 5.28. The molecule has 1 unspecified atom stereocenters. The maximum Gasteiger partial charge on any atom is 0.190 e. The molecule has 1 heterocycles. The highest BCUT2D eigenvalue weighted by molar-refractivity contribution is 7.99. The fraction of sp³-hybridized carbons (Fsp3) is 0.818. The van der Waals surface area contributed by atoms with Gasteiger partial charge in [-0.2, -0.15) is 0 Å². The number of nitrogens with one attached hydrogen (secondary N) is 1. The number of hydrogen-bond donors (Lipinski definition) is 2. The smallest absolute Gasteiger partial charge is 0.190 e. The second kappa shape index (κ2) is 6.98. The Kier molecular flexibility index (Phi) is 5.94. The van der Waals surface area contributed by atoms with Crippen LogP contribution in [0.1, 0.15) is 26.2 Å². The van der Waals surface area contributed by atoms with Crippen LogP contribution in [0, 0.1) is 0 Å². The molecule has 0 aromatic carbocycles. The molecule has 0 fully saturated rings. The van der Waals surface area contributed by atoms with E-state index in [2.05, 4.69) is 22.4 Å². The van der Waals surface area contributed by atoms with Crippen molar-refractivity contribution in [2.45, 2.75) is 36.9 Å². The van der Waals surface area contributed by atoms with Crippen LogP contribution in [0.4, 0.5) is 0 Å². The molecule has 1 aromatic heterocycles. The summed E-state index contributed by atoms with van der Waals surface area (Å²) in [6.45, 7) is 2.29. The van der Waals surface area contributed by atoms with Gasteiger partial charge >= 0.3 is 0 Å². The molecule has 0 bridgehead atoms. The van der Waals surface area contributed by atoms with Crippen molar-refractivity contribution in [1.82, 2.24) is 20.1 Å². The first-order valence-electron chi connectivity index (χ1n) is 5.94. The lowest BCUT2D eigenvalue weighted by molar-refractivity contribution is 0.154. The highest BCUT2D eigenvalue weighted by atomic mass is 32.2. The van der Waals surface area contributed by atoms with E-state index in [4.69, 9.17) is 0 Å². The van der Waals surface area contributed by atoms with Crippen molar-refractivity contribution in [3.63, 3.8) is 0 Å². The van der Waals surface area contributed by atoms with Crippen molar-refractivity contribution >= 4 is 11.8 Å². The van der Waals surface area contributed by atoms with Crippen LogP contribution in [-0.4, -0.2) is 44.8 Å². The predicted molar refractivity (Wildman–Crippen MR) is 70.1 cm³/mol. The Morgan fingerprint density at radius 2 is 2.35 bits per heavy atom. The van der Waals surface area contributed by atoms with Crippen molar-refractivity contribution in [3.05, 3.63) is 6.33 Å². The number of aryl methyl sites for hydroxylation is 1. The Bertz CT molecular complexity index is 317. The maximum absolute atomic E-state index is 9.41. The summed E-state index contributed by atoms with van der Waals surface area (Å²) in [5, 5.41) is 21.4. The SMILES string of the molecule is CCC(CO)(CCCSc1nncn1C)NC. The molecule has 5 nitrogen and oxygen atoms in total. The van der Waals surface area contributed by atoms with Gasteiger partial charge < -0.3 is 15.0 Å². The molecule has 98 valence electrons. The van der Waals surface area contributed by atoms with E-state index in [-0.39, 0.29) is 12.1 Å². The summed E-state index contributed by atoms with van der Waals surface area (Å²) in [5.41, 5.74) is -0.125. The Labute approximate surface area is 107 Å². The van der Waals surface area contributed by atoms with Gasteiger partial charge in [-0.3, -0.25) is 0 Å². The summed E-state index contributed by atoms with van der Waals surface area (Å²) in [4.78, 5) is 0. The Hall–Kier alpha value is -0.590. The molecule has 0 aliphatic rings. The molecule has 1 rings (SSSR count). The number of likely N-dealkylation sites (N-methyl/N-ethyl adjacent to an activating group) is 1. The Balaban J connectivity index is 2.30. The monoisotopic (exact) mass is 258 g/mol. The van der Waals surface area contributed by atoms with Crippen LogP contribution in [0.15, 0.2) is 11.5 Å². The minimum Gasteiger partial charge on any atom is -0.394 e. The van der Waals surface area contributed by atoms with E-state index in [9.17, 15) is 5.11 Å². The van der Waals surface area contributed by atoms with Gasteiger partial charge in [-0.1, -0.05) is 18.7 Å². The van der Waals surface area contributed by atoms with Gasteiger partial charge in [-0.05, 0) is 26.3 Å². The van der Waals surface area contributed by atoms with Gasteiger partial charge in [0.25, 0.3) is 0 Å². The van der Waals surface area contributed by atoms with Gasteiger partial charge in [-0.25, -0.2) is 0 Å². The highest BCUT2D eigenvalue weighted by Gasteiger charge is 2.24. The molecule has 0 spiro atoms. The third-order valence-corrected chi connectivity index (χ3v) is 4.33. The minimum atomic E-state index is -0.125. The summed E-state index contributed by atoms with van der Waals surface area (Å²) in [6, 6.07) is 0. The third-order valence-electron chi connectivity index (χ3n) is 3.21. The van der Waals surface area contributed by atoms with Crippen LogP contribution in [0.2, 0.25) is 0 Å². The molecule has 2 N–H and O–H groups in total. The number of aliphatic hydroxyl groups excluding tert-OH is 1. The van der Waals surface area contributed by atoms with E-state index in [0.717, 1.165) is 30.2 Å². The molecule has 1 aromatic rings. The molecule has 6 heteroatoms. The third kappa shape index (κ3) is 3.97. The molecule has 0 saturated heterocycles. The van der Waals surface area contributed by atoms with Gasteiger partial charge in [0.05, 0.1) is 6.61 Å². The summed E-state index contributed by atoms with van der Waals surface area (Å²) < 4.78 is 1.92. The van der Waals surface area contributed by atoms with Crippen molar-refractivity contribution in [3.8, 4) is 0 Å². The highest BCUT2D eigenvalue weighted by Crippen LogP contribution is 2.21. The van der Waals surface area contributed by atoms with E-state index in [1.54, 1.807) is 18.1 Å². The Morgan fingerprint density at radius 3 is 2.82 bits per heavy atom. The summed E-state index contributed by atoms with van der Waals surface area (Å²) >= 11 is 1.71. The first-order valence-corrected chi connectivity index (χ1v) is 6.92. The van der Waals surface area contributed by atoms with Crippen LogP contribution in [0.25, 0.3) is 0 Å². The lowest BCUT2D eigenvalue weighted by Crippen LogP contribution is -2.45. The number of rotatable bonds is 8.